The Kier molecular flexibility index (Phi) is 3.03. The average Bonchev–Trinajstić information content (AvgIpc) is 2.82. The van der Waals surface area contributed by atoms with Crippen molar-refractivity contribution in [3.63, 3.8) is 0 Å². The van der Waals surface area contributed by atoms with Gasteiger partial charge in [0.25, 0.3) is 0 Å². The fraction of sp³-hybridized carbons (Fsp3) is 0.250. The Labute approximate surface area is 112 Å². The molecule has 3 rings (SSSR count). The van der Waals surface area contributed by atoms with Crippen molar-refractivity contribution < 1.29 is 9.84 Å². The molecule has 1 heterocycles. The smallest absolute Gasteiger partial charge is 0.128 e. The standard InChI is InChI=1S/C16H17NO2/c1-2-11-5-3-4-6-14(11)17-15-10-19-16-9-12(18)7-8-13(15)16/h3-9,15,17-18H,2,10H2,1H3. The van der Waals surface area contributed by atoms with Crippen molar-refractivity contribution in [3.05, 3.63) is 53.6 Å². The quantitative estimate of drug-likeness (QED) is 0.882. The minimum Gasteiger partial charge on any atom is -0.508 e. The van der Waals surface area contributed by atoms with Crippen molar-refractivity contribution in [3.8, 4) is 11.5 Å². The summed E-state index contributed by atoms with van der Waals surface area (Å²) in [5, 5.41) is 13.0. The summed E-state index contributed by atoms with van der Waals surface area (Å²) in [4.78, 5) is 0. The van der Waals surface area contributed by atoms with Crippen LogP contribution in [0.5, 0.6) is 11.5 Å². The highest BCUT2D eigenvalue weighted by Crippen LogP contribution is 2.37. The van der Waals surface area contributed by atoms with E-state index in [9.17, 15) is 5.11 Å². The normalized spacial score (nSPS) is 16.8. The minimum atomic E-state index is 0.142. The van der Waals surface area contributed by atoms with Crippen LogP contribution in [0.3, 0.4) is 0 Å². The molecule has 1 aliphatic heterocycles. The van der Waals surface area contributed by atoms with Crippen molar-refractivity contribution in [2.24, 2.45) is 0 Å². The molecule has 98 valence electrons. The second-order valence-electron chi connectivity index (χ2n) is 4.74. The number of para-hydroxylation sites is 1. The van der Waals surface area contributed by atoms with Crippen LogP contribution in [-0.4, -0.2) is 11.7 Å². The third-order valence-corrected chi connectivity index (χ3v) is 3.51. The van der Waals surface area contributed by atoms with E-state index in [0.717, 1.165) is 23.4 Å². The highest BCUT2D eigenvalue weighted by molar-refractivity contribution is 5.55. The zero-order chi connectivity index (χ0) is 13.2. The van der Waals surface area contributed by atoms with Gasteiger partial charge in [-0.15, -0.1) is 0 Å². The van der Waals surface area contributed by atoms with E-state index < -0.39 is 0 Å². The Morgan fingerprint density at radius 1 is 1.26 bits per heavy atom. The van der Waals surface area contributed by atoms with Gasteiger partial charge in [0.15, 0.2) is 0 Å². The lowest BCUT2D eigenvalue weighted by Gasteiger charge is -2.16. The molecule has 0 amide bonds. The summed E-state index contributed by atoms with van der Waals surface area (Å²) in [6.45, 7) is 2.74. The summed E-state index contributed by atoms with van der Waals surface area (Å²) >= 11 is 0. The first-order valence-electron chi connectivity index (χ1n) is 6.58. The summed E-state index contributed by atoms with van der Waals surface area (Å²) in [5.74, 6) is 1.01. The number of hydrogen-bond acceptors (Lipinski definition) is 3. The number of benzene rings is 2. The Hall–Kier alpha value is -2.16. The number of nitrogens with one attached hydrogen (secondary N) is 1. The first kappa shape index (κ1) is 11.9. The summed E-state index contributed by atoms with van der Waals surface area (Å²) in [6, 6.07) is 13.8. The summed E-state index contributed by atoms with van der Waals surface area (Å²) in [7, 11) is 0. The molecule has 2 aromatic rings. The topological polar surface area (TPSA) is 41.5 Å². The fourth-order valence-corrected chi connectivity index (χ4v) is 2.48. The summed E-state index contributed by atoms with van der Waals surface area (Å²) < 4.78 is 5.62. The van der Waals surface area contributed by atoms with Crippen molar-refractivity contribution >= 4 is 5.69 Å². The second-order valence-corrected chi connectivity index (χ2v) is 4.74. The summed E-state index contributed by atoms with van der Waals surface area (Å²) in [5.41, 5.74) is 3.55. The highest BCUT2D eigenvalue weighted by Gasteiger charge is 2.24. The van der Waals surface area contributed by atoms with Gasteiger partial charge in [0.2, 0.25) is 0 Å². The molecule has 2 aromatic carbocycles. The van der Waals surface area contributed by atoms with Crippen molar-refractivity contribution in [1.82, 2.24) is 0 Å². The van der Waals surface area contributed by atoms with Gasteiger partial charge in [0.1, 0.15) is 18.1 Å². The van der Waals surface area contributed by atoms with Crippen molar-refractivity contribution in [2.45, 2.75) is 19.4 Å². The molecular weight excluding hydrogens is 238 g/mol. The molecule has 2 N–H and O–H groups in total. The molecule has 1 unspecified atom stereocenters. The van der Waals surface area contributed by atoms with Crippen LogP contribution < -0.4 is 10.1 Å². The number of hydrogen-bond donors (Lipinski definition) is 2. The molecule has 0 saturated carbocycles. The van der Waals surface area contributed by atoms with Gasteiger partial charge in [-0.1, -0.05) is 25.1 Å². The maximum absolute atomic E-state index is 9.45. The first-order valence-corrected chi connectivity index (χ1v) is 6.58. The summed E-state index contributed by atoms with van der Waals surface area (Å²) in [6.07, 6.45) is 0.999. The Morgan fingerprint density at radius 2 is 2.11 bits per heavy atom. The monoisotopic (exact) mass is 255 g/mol. The predicted octanol–water partition coefficient (Wildman–Crippen LogP) is 3.50. The Morgan fingerprint density at radius 3 is 2.95 bits per heavy atom. The van der Waals surface area contributed by atoms with Crippen LogP contribution >= 0.6 is 0 Å². The molecule has 0 aromatic heterocycles. The molecule has 0 spiro atoms. The molecule has 0 bridgehead atoms. The maximum Gasteiger partial charge on any atom is 0.128 e. The average molecular weight is 255 g/mol. The zero-order valence-corrected chi connectivity index (χ0v) is 10.9. The molecular formula is C16H17NO2. The minimum absolute atomic E-state index is 0.142. The molecule has 1 atom stereocenters. The van der Waals surface area contributed by atoms with Gasteiger partial charge in [-0.25, -0.2) is 0 Å². The molecule has 3 nitrogen and oxygen atoms in total. The number of aryl methyl sites for hydroxylation is 1. The first-order chi connectivity index (χ1) is 9.28. The largest absolute Gasteiger partial charge is 0.508 e. The number of phenolic OH excluding ortho intramolecular Hbond substituents is 1. The SMILES string of the molecule is CCc1ccccc1NC1COc2cc(O)ccc21. The van der Waals surface area contributed by atoms with E-state index in [-0.39, 0.29) is 11.8 Å². The molecule has 0 fully saturated rings. The predicted molar refractivity (Wildman–Crippen MR) is 75.8 cm³/mol. The van der Waals surface area contributed by atoms with E-state index in [1.165, 1.54) is 5.56 Å². The number of phenols is 1. The number of rotatable bonds is 3. The van der Waals surface area contributed by atoms with Gasteiger partial charge in [0, 0.05) is 17.3 Å². The van der Waals surface area contributed by atoms with Gasteiger partial charge in [-0.2, -0.15) is 0 Å². The van der Waals surface area contributed by atoms with Crippen LogP contribution in [-0.2, 0) is 6.42 Å². The van der Waals surface area contributed by atoms with E-state index in [1.54, 1.807) is 12.1 Å². The zero-order valence-electron chi connectivity index (χ0n) is 10.9. The molecule has 0 saturated heterocycles. The van der Waals surface area contributed by atoms with Crippen molar-refractivity contribution in [2.75, 3.05) is 11.9 Å². The molecule has 3 heteroatoms. The molecule has 0 radical (unpaired) electrons. The Bertz CT molecular complexity index is 595. The molecule has 19 heavy (non-hydrogen) atoms. The molecule has 0 aliphatic carbocycles. The third kappa shape index (κ3) is 2.24. The molecule has 1 aliphatic rings. The third-order valence-electron chi connectivity index (χ3n) is 3.51. The van der Waals surface area contributed by atoms with Gasteiger partial charge in [-0.3, -0.25) is 0 Å². The van der Waals surface area contributed by atoms with E-state index in [0.29, 0.717) is 6.61 Å². The second kappa shape index (κ2) is 4.84. The van der Waals surface area contributed by atoms with Crippen LogP contribution in [0.25, 0.3) is 0 Å². The fourth-order valence-electron chi connectivity index (χ4n) is 2.48. The number of fused-ring (bicyclic) bond motifs is 1. The van der Waals surface area contributed by atoms with Crippen LogP contribution in [0, 0.1) is 0 Å². The van der Waals surface area contributed by atoms with E-state index in [1.807, 2.05) is 12.1 Å². The number of anilines is 1. The van der Waals surface area contributed by atoms with E-state index >= 15 is 0 Å². The number of aromatic hydroxyl groups is 1. The van der Waals surface area contributed by atoms with Gasteiger partial charge in [-0.05, 0) is 30.2 Å². The van der Waals surface area contributed by atoms with Crippen molar-refractivity contribution in [1.29, 1.82) is 0 Å². The van der Waals surface area contributed by atoms with Crippen LogP contribution in [0.4, 0.5) is 5.69 Å². The van der Waals surface area contributed by atoms with Crippen LogP contribution in [0.1, 0.15) is 24.1 Å². The van der Waals surface area contributed by atoms with Gasteiger partial charge >= 0.3 is 0 Å². The number of ether oxygens (including phenoxy) is 1. The van der Waals surface area contributed by atoms with Gasteiger partial charge < -0.3 is 15.2 Å². The van der Waals surface area contributed by atoms with E-state index in [2.05, 4.69) is 30.4 Å². The lowest BCUT2D eigenvalue weighted by Crippen LogP contribution is -2.13. The highest BCUT2D eigenvalue weighted by atomic mass is 16.5. The lowest BCUT2D eigenvalue weighted by molar-refractivity contribution is 0.338. The maximum atomic E-state index is 9.45. The van der Waals surface area contributed by atoms with Gasteiger partial charge in [0.05, 0.1) is 6.04 Å². The van der Waals surface area contributed by atoms with Crippen LogP contribution in [0.15, 0.2) is 42.5 Å². The van der Waals surface area contributed by atoms with E-state index in [4.69, 9.17) is 4.74 Å². The lowest BCUT2D eigenvalue weighted by atomic mass is 10.1. The Balaban J connectivity index is 1.87. The van der Waals surface area contributed by atoms with Crippen LogP contribution in [0.2, 0.25) is 0 Å².